The van der Waals surface area contributed by atoms with E-state index in [9.17, 15) is 18.0 Å². The first-order valence-electron chi connectivity index (χ1n) is 15.2. The molecule has 0 unspecified atom stereocenters. The molecule has 0 amide bonds. The van der Waals surface area contributed by atoms with Gasteiger partial charge in [0.1, 0.15) is 28.7 Å². The number of rotatable bonds is 16. The quantitative estimate of drug-likeness (QED) is 0.0673. The Balaban J connectivity index is 1.50. The summed E-state index contributed by atoms with van der Waals surface area (Å²) in [5.74, 6) is 1.00. The van der Waals surface area contributed by atoms with E-state index in [2.05, 4.69) is 11.7 Å². The number of hydrogen-bond acceptors (Lipinski definition) is 7. The lowest BCUT2D eigenvalue weighted by atomic mass is 10.00. The first kappa shape index (κ1) is 34.7. The third kappa shape index (κ3) is 9.91. The molecule has 0 atom stereocenters. The van der Waals surface area contributed by atoms with Gasteiger partial charge in [0.2, 0.25) is 6.79 Å². The van der Waals surface area contributed by atoms with Crippen molar-refractivity contribution < 1.29 is 41.7 Å². The van der Waals surface area contributed by atoms with Gasteiger partial charge < -0.3 is 23.7 Å². The van der Waals surface area contributed by atoms with Crippen LogP contribution in [0.25, 0.3) is 22.0 Å². The number of methoxy groups -OCH3 is 1. The zero-order valence-electron chi connectivity index (χ0n) is 26.0. The zero-order chi connectivity index (χ0) is 33.1. The van der Waals surface area contributed by atoms with Crippen molar-refractivity contribution in [3.63, 3.8) is 0 Å². The van der Waals surface area contributed by atoms with Crippen LogP contribution in [0.15, 0.2) is 60.7 Å². The third-order valence-electron chi connectivity index (χ3n) is 7.24. The minimum atomic E-state index is -4.77. The summed E-state index contributed by atoms with van der Waals surface area (Å²) in [7, 11) is 1.52. The van der Waals surface area contributed by atoms with Gasteiger partial charge in [0.15, 0.2) is 0 Å². The van der Waals surface area contributed by atoms with Gasteiger partial charge in [-0.1, -0.05) is 69.2 Å². The molecule has 0 N–H and O–H groups in total. The number of ether oxygens (including phenoxy) is 5. The van der Waals surface area contributed by atoms with Crippen LogP contribution in [-0.2, 0) is 9.53 Å². The molecule has 0 radical (unpaired) electrons. The molecule has 0 bridgehead atoms. The van der Waals surface area contributed by atoms with Gasteiger partial charge in [-0.25, -0.2) is 0 Å². The Hall–Kier alpha value is -4.18. The lowest BCUT2D eigenvalue weighted by molar-refractivity contribution is -0.274. The van der Waals surface area contributed by atoms with E-state index in [-0.39, 0.29) is 18.5 Å². The Morgan fingerprint density at radius 2 is 1.48 bits per heavy atom. The number of nitrogens with zero attached hydrogens (tertiary/aromatic N) is 1. The van der Waals surface area contributed by atoms with Gasteiger partial charge in [0.25, 0.3) is 0 Å². The van der Waals surface area contributed by atoms with Gasteiger partial charge in [-0.2, -0.15) is 0 Å². The number of esters is 1. The largest absolute Gasteiger partial charge is 0.573 e. The summed E-state index contributed by atoms with van der Waals surface area (Å²) in [6.07, 6.45) is 3.24. The van der Waals surface area contributed by atoms with Crippen molar-refractivity contribution >= 4 is 28.5 Å². The third-order valence-corrected chi connectivity index (χ3v) is 7.53. The zero-order valence-corrected chi connectivity index (χ0v) is 26.8. The Bertz CT molecular complexity index is 1590. The average Bonchev–Trinajstić information content (AvgIpc) is 3.01. The summed E-state index contributed by atoms with van der Waals surface area (Å²) >= 11 is 6.47. The molecule has 3 aromatic carbocycles. The van der Waals surface area contributed by atoms with E-state index >= 15 is 0 Å². The Morgan fingerprint density at radius 3 is 2.11 bits per heavy atom. The van der Waals surface area contributed by atoms with Gasteiger partial charge in [0.05, 0.1) is 17.6 Å². The number of carbonyl (C=O) groups excluding carboxylic acids is 1. The van der Waals surface area contributed by atoms with E-state index in [0.717, 1.165) is 24.8 Å². The number of aryl methyl sites for hydroxylation is 1. The molecule has 0 fully saturated rings. The number of alkyl halides is 3. The molecule has 246 valence electrons. The lowest BCUT2D eigenvalue weighted by Gasteiger charge is -2.18. The molecule has 0 saturated heterocycles. The molecule has 0 aliphatic heterocycles. The van der Waals surface area contributed by atoms with E-state index in [1.54, 1.807) is 36.4 Å². The fourth-order valence-electron chi connectivity index (χ4n) is 4.99. The number of aromatic nitrogens is 1. The SMILES string of the molecule is CCCCCCCCCC(=O)OCOc1c(-c2ccc(Oc3ccc(OC(F)(F)F)cc3)cc2)c(C)nc2cc(OC)c(Cl)cc12. The minimum absolute atomic E-state index is 0.292. The van der Waals surface area contributed by atoms with E-state index in [1.807, 2.05) is 6.92 Å². The smallest absolute Gasteiger partial charge is 0.495 e. The highest BCUT2D eigenvalue weighted by molar-refractivity contribution is 6.33. The van der Waals surface area contributed by atoms with Crippen molar-refractivity contribution in [2.75, 3.05) is 13.9 Å². The highest BCUT2D eigenvalue weighted by Gasteiger charge is 2.31. The number of unbranched alkanes of at least 4 members (excludes halogenated alkanes) is 6. The molecule has 46 heavy (non-hydrogen) atoms. The molecule has 0 aliphatic rings. The second-order valence-electron chi connectivity index (χ2n) is 10.7. The van der Waals surface area contributed by atoms with E-state index in [4.69, 9.17) is 35.5 Å². The second-order valence-corrected chi connectivity index (χ2v) is 11.1. The number of hydrogen-bond donors (Lipinski definition) is 0. The molecular weight excluding hydrogens is 623 g/mol. The van der Waals surface area contributed by atoms with Crippen LogP contribution < -0.4 is 18.9 Å². The molecule has 7 nitrogen and oxygen atoms in total. The average molecular weight is 660 g/mol. The molecule has 4 rings (SSSR count). The summed E-state index contributed by atoms with van der Waals surface area (Å²) in [4.78, 5) is 17.2. The summed E-state index contributed by atoms with van der Waals surface area (Å²) < 4.78 is 64.0. The fraction of sp³-hybridized carbons (Fsp3) is 0.371. The van der Waals surface area contributed by atoms with Gasteiger partial charge in [0, 0.05) is 29.1 Å². The van der Waals surface area contributed by atoms with Crippen molar-refractivity contribution in [3.05, 3.63) is 71.4 Å². The van der Waals surface area contributed by atoms with Gasteiger partial charge >= 0.3 is 12.3 Å². The molecule has 1 heterocycles. The van der Waals surface area contributed by atoms with Crippen LogP contribution in [0.3, 0.4) is 0 Å². The van der Waals surface area contributed by atoms with E-state index < -0.39 is 6.36 Å². The lowest BCUT2D eigenvalue weighted by Crippen LogP contribution is -2.16. The van der Waals surface area contributed by atoms with E-state index in [1.165, 1.54) is 57.1 Å². The van der Waals surface area contributed by atoms with Crippen LogP contribution in [0.5, 0.6) is 28.7 Å². The maximum Gasteiger partial charge on any atom is 0.573 e. The maximum atomic E-state index is 12.5. The molecule has 4 aromatic rings. The standard InChI is InChI=1S/C35H37ClF3NO6/c1-4-5-6-7-8-9-10-11-32(41)43-22-44-34-28-20-29(36)31(42-3)21-30(28)40-23(2)33(34)24-12-14-25(15-13-24)45-26-16-18-27(19-17-26)46-35(37,38)39/h12-21H,4-11,22H2,1-3H3. The summed E-state index contributed by atoms with van der Waals surface area (Å²) in [5.41, 5.74) is 2.64. The predicted octanol–water partition coefficient (Wildman–Crippen LogP) is 10.6. The maximum absolute atomic E-state index is 12.5. The molecule has 0 saturated carbocycles. The van der Waals surface area contributed by atoms with Crippen molar-refractivity contribution in [3.8, 4) is 39.9 Å². The van der Waals surface area contributed by atoms with Crippen LogP contribution in [0.1, 0.15) is 64.0 Å². The monoisotopic (exact) mass is 659 g/mol. The number of pyridine rings is 1. The molecule has 11 heteroatoms. The number of halogens is 4. The summed E-state index contributed by atoms with van der Waals surface area (Å²) in [5, 5.41) is 0.971. The first-order valence-corrected chi connectivity index (χ1v) is 15.6. The second kappa shape index (κ2) is 16.4. The highest BCUT2D eigenvalue weighted by Crippen LogP contribution is 2.42. The normalized spacial score (nSPS) is 11.4. The molecular formula is C35H37ClF3NO6. The Morgan fingerprint density at radius 1 is 0.870 bits per heavy atom. The fourth-order valence-corrected chi connectivity index (χ4v) is 5.23. The van der Waals surface area contributed by atoms with Crippen molar-refractivity contribution in [2.45, 2.75) is 71.6 Å². The number of benzene rings is 3. The predicted molar refractivity (Wildman–Crippen MR) is 171 cm³/mol. The molecule has 1 aromatic heterocycles. The van der Waals surface area contributed by atoms with Crippen molar-refractivity contribution in [1.29, 1.82) is 0 Å². The summed E-state index contributed by atoms with van der Waals surface area (Å²) in [6.45, 7) is 3.73. The van der Waals surface area contributed by atoms with Crippen molar-refractivity contribution in [1.82, 2.24) is 4.98 Å². The van der Waals surface area contributed by atoms with E-state index in [0.29, 0.717) is 56.6 Å². The minimum Gasteiger partial charge on any atom is -0.495 e. The van der Waals surface area contributed by atoms with Gasteiger partial charge in [-0.3, -0.25) is 9.78 Å². The number of carbonyl (C=O) groups is 1. The van der Waals surface area contributed by atoms with Crippen LogP contribution in [-0.4, -0.2) is 31.2 Å². The van der Waals surface area contributed by atoms with Crippen LogP contribution >= 0.6 is 11.6 Å². The van der Waals surface area contributed by atoms with Crippen LogP contribution in [0.4, 0.5) is 13.2 Å². The summed E-state index contributed by atoms with van der Waals surface area (Å²) in [6, 6.07) is 15.6. The molecule has 0 aliphatic carbocycles. The van der Waals surface area contributed by atoms with Crippen LogP contribution in [0.2, 0.25) is 5.02 Å². The Kier molecular flexibility index (Phi) is 12.4. The van der Waals surface area contributed by atoms with Gasteiger partial charge in [-0.15, -0.1) is 13.2 Å². The first-order chi connectivity index (χ1) is 22.1. The van der Waals surface area contributed by atoms with Crippen LogP contribution in [0, 0.1) is 6.92 Å². The van der Waals surface area contributed by atoms with Gasteiger partial charge in [-0.05, 0) is 61.4 Å². The number of fused-ring (bicyclic) bond motifs is 1. The topological polar surface area (TPSA) is 76.1 Å². The molecule has 0 spiro atoms. The Labute approximate surface area is 271 Å². The van der Waals surface area contributed by atoms with Crippen molar-refractivity contribution in [2.24, 2.45) is 0 Å². The highest BCUT2D eigenvalue weighted by atomic mass is 35.5.